The molecule has 3 heterocycles. The zero-order valence-corrected chi connectivity index (χ0v) is 18.4. The lowest BCUT2D eigenvalue weighted by atomic mass is 9.99. The van der Waals surface area contributed by atoms with E-state index in [9.17, 15) is 9.59 Å². The number of carbonyl (C=O) groups excluding carboxylic acids is 2. The molecule has 0 spiro atoms. The third kappa shape index (κ3) is 5.38. The summed E-state index contributed by atoms with van der Waals surface area (Å²) in [6.07, 6.45) is 2.64. The van der Waals surface area contributed by atoms with Gasteiger partial charge < -0.3 is 14.7 Å². The molecule has 1 atom stereocenters. The molecule has 0 aliphatic carbocycles. The van der Waals surface area contributed by atoms with Crippen molar-refractivity contribution >= 4 is 23.2 Å². The highest BCUT2D eigenvalue weighted by Gasteiger charge is 2.23. The van der Waals surface area contributed by atoms with Crippen LogP contribution < -0.4 is 5.32 Å². The summed E-state index contributed by atoms with van der Waals surface area (Å²) in [5.74, 6) is 1.13. The summed E-state index contributed by atoms with van der Waals surface area (Å²) in [5.41, 5.74) is 0.908. The number of nitrogens with zero attached hydrogens (tertiary/aromatic N) is 3. The smallest absolute Gasteiger partial charge is 0.263 e. The summed E-state index contributed by atoms with van der Waals surface area (Å²) in [4.78, 5) is 33.4. The fraction of sp³-hybridized carbons (Fsp3) is 0.391. The maximum atomic E-state index is 12.9. The Morgan fingerprint density at radius 1 is 1.16 bits per heavy atom. The number of aryl methyl sites for hydroxylation is 1. The third-order valence-electron chi connectivity index (χ3n) is 5.47. The highest BCUT2D eigenvalue weighted by molar-refractivity contribution is 7.13. The predicted octanol–water partition coefficient (Wildman–Crippen LogP) is 4.02. The minimum Gasteiger partial charge on any atom is -0.356 e. The normalized spacial score (nSPS) is 18.3. The van der Waals surface area contributed by atoms with E-state index >= 15 is 0 Å². The van der Waals surface area contributed by atoms with E-state index in [1.807, 2.05) is 49.4 Å². The second-order valence-corrected chi connectivity index (χ2v) is 9.04. The van der Waals surface area contributed by atoms with Crippen molar-refractivity contribution in [2.75, 3.05) is 19.6 Å². The molecular weight excluding hydrogens is 412 g/mol. The van der Waals surface area contributed by atoms with Crippen molar-refractivity contribution in [1.82, 2.24) is 20.4 Å². The SMILES string of the molecule is Cc1ccc(C(=O)N2CCCC(c3nc(-c4ccccc4)no3)CCNC(=O)CC2)s1. The van der Waals surface area contributed by atoms with Gasteiger partial charge in [0.25, 0.3) is 5.91 Å². The van der Waals surface area contributed by atoms with Gasteiger partial charge in [-0.1, -0.05) is 35.5 Å². The van der Waals surface area contributed by atoms with Crippen LogP contribution >= 0.6 is 11.3 Å². The van der Waals surface area contributed by atoms with Crippen LogP contribution in [0.5, 0.6) is 0 Å². The molecule has 0 bridgehead atoms. The van der Waals surface area contributed by atoms with E-state index in [1.54, 1.807) is 4.90 Å². The standard InChI is InChI=1S/C23H26N4O3S/c1-16-9-10-19(31-16)23(29)27-14-5-8-18(11-13-24-20(28)12-15-27)22-25-21(26-30-22)17-6-3-2-4-7-17/h2-4,6-7,9-10,18H,5,8,11-15H2,1H3,(H,24,28). The van der Waals surface area contributed by atoms with Gasteiger partial charge in [0.15, 0.2) is 0 Å². The molecule has 31 heavy (non-hydrogen) atoms. The Labute approximate surface area is 185 Å². The molecule has 1 fully saturated rings. The number of rotatable bonds is 3. The Bertz CT molecular complexity index is 1030. The molecule has 8 heteroatoms. The lowest BCUT2D eigenvalue weighted by Gasteiger charge is -2.22. The van der Waals surface area contributed by atoms with Gasteiger partial charge in [0.1, 0.15) is 0 Å². The summed E-state index contributed by atoms with van der Waals surface area (Å²) in [6, 6.07) is 13.5. The van der Waals surface area contributed by atoms with E-state index in [2.05, 4.69) is 15.5 Å². The van der Waals surface area contributed by atoms with Crippen LogP contribution in [0.4, 0.5) is 0 Å². The molecular formula is C23H26N4O3S. The lowest BCUT2D eigenvalue weighted by molar-refractivity contribution is -0.121. The van der Waals surface area contributed by atoms with Gasteiger partial charge in [0.2, 0.25) is 17.6 Å². The van der Waals surface area contributed by atoms with Crippen molar-refractivity contribution in [1.29, 1.82) is 0 Å². The largest absolute Gasteiger partial charge is 0.356 e. The summed E-state index contributed by atoms with van der Waals surface area (Å²) in [5, 5.41) is 7.10. The van der Waals surface area contributed by atoms with Gasteiger partial charge in [-0.2, -0.15) is 4.98 Å². The lowest BCUT2D eigenvalue weighted by Crippen LogP contribution is -2.35. The van der Waals surface area contributed by atoms with Gasteiger partial charge in [-0.05, 0) is 38.3 Å². The molecule has 3 aromatic rings. The van der Waals surface area contributed by atoms with Crippen LogP contribution in [0, 0.1) is 6.92 Å². The van der Waals surface area contributed by atoms with Crippen molar-refractivity contribution in [3.8, 4) is 11.4 Å². The summed E-state index contributed by atoms with van der Waals surface area (Å²) >= 11 is 1.49. The highest BCUT2D eigenvalue weighted by Crippen LogP contribution is 2.27. The monoisotopic (exact) mass is 438 g/mol. The van der Waals surface area contributed by atoms with Crippen molar-refractivity contribution in [2.45, 2.75) is 38.5 Å². The molecule has 1 unspecified atom stereocenters. The van der Waals surface area contributed by atoms with Crippen LogP contribution in [-0.2, 0) is 4.79 Å². The summed E-state index contributed by atoms with van der Waals surface area (Å²) < 4.78 is 5.58. The van der Waals surface area contributed by atoms with Crippen LogP contribution in [0.15, 0.2) is 47.0 Å². The third-order valence-corrected chi connectivity index (χ3v) is 6.45. The Morgan fingerprint density at radius 2 is 2.00 bits per heavy atom. The van der Waals surface area contributed by atoms with E-state index in [1.165, 1.54) is 11.3 Å². The van der Waals surface area contributed by atoms with Gasteiger partial charge in [0.05, 0.1) is 4.88 Å². The Balaban J connectivity index is 1.47. The van der Waals surface area contributed by atoms with Gasteiger partial charge in [-0.3, -0.25) is 9.59 Å². The number of hydrogen-bond acceptors (Lipinski definition) is 6. The van der Waals surface area contributed by atoms with Gasteiger partial charge in [0, 0.05) is 42.4 Å². The maximum absolute atomic E-state index is 12.9. The molecule has 0 radical (unpaired) electrons. The van der Waals surface area contributed by atoms with Gasteiger partial charge >= 0.3 is 0 Å². The first-order valence-corrected chi connectivity index (χ1v) is 11.4. The number of benzene rings is 1. The fourth-order valence-corrected chi connectivity index (χ4v) is 4.59. The molecule has 1 N–H and O–H groups in total. The first kappa shape index (κ1) is 21.2. The molecule has 7 nitrogen and oxygen atoms in total. The Kier molecular flexibility index (Phi) is 6.76. The van der Waals surface area contributed by atoms with Crippen molar-refractivity contribution in [3.63, 3.8) is 0 Å². The summed E-state index contributed by atoms with van der Waals surface area (Å²) in [7, 11) is 0. The molecule has 162 valence electrons. The topological polar surface area (TPSA) is 88.3 Å². The Hall–Kier alpha value is -3.00. The minimum absolute atomic E-state index is 0.00847. The van der Waals surface area contributed by atoms with Crippen molar-refractivity contribution in [3.05, 3.63) is 58.1 Å². The van der Waals surface area contributed by atoms with Crippen molar-refractivity contribution in [2.24, 2.45) is 0 Å². The molecule has 1 aromatic carbocycles. The molecule has 0 saturated carbocycles. The molecule has 4 rings (SSSR count). The minimum atomic E-state index is -0.0451. The molecule has 1 saturated heterocycles. The maximum Gasteiger partial charge on any atom is 0.263 e. The van der Waals surface area contributed by atoms with Crippen molar-refractivity contribution < 1.29 is 14.1 Å². The van der Waals surface area contributed by atoms with E-state index < -0.39 is 0 Å². The Morgan fingerprint density at radius 3 is 2.77 bits per heavy atom. The average molecular weight is 439 g/mol. The van der Waals surface area contributed by atoms with E-state index in [4.69, 9.17) is 4.52 Å². The van der Waals surface area contributed by atoms with E-state index in [0.29, 0.717) is 42.6 Å². The van der Waals surface area contributed by atoms with Gasteiger partial charge in [-0.25, -0.2) is 0 Å². The second kappa shape index (κ2) is 9.87. The van der Waals surface area contributed by atoms with Crippen LogP contribution in [0.25, 0.3) is 11.4 Å². The van der Waals surface area contributed by atoms with E-state index in [-0.39, 0.29) is 17.7 Å². The number of amides is 2. The molecule has 1 aliphatic heterocycles. The first-order chi connectivity index (χ1) is 15.1. The number of aromatic nitrogens is 2. The van der Waals surface area contributed by atoms with Crippen LogP contribution in [0.3, 0.4) is 0 Å². The second-order valence-electron chi connectivity index (χ2n) is 7.75. The quantitative estimate of drug-likeness (QED) is 0.667. The number of hydrogen-bond donors (Lipinski definition) is 1. The highest BCUT2D eigenvalue weighted by atomic mass is 32.1. The van der Waals surface area contributed by atoms with Crippen LogP contribution in [0.2, 0.25) is 0 Å². The zero-order chi connectivity index (χ0) is 21.6. The van der Waals surface area contributed by atoms with Crippen LogP contribution in [0.1, 0.15) is 52.0 Å². The van der Waals surface area contributed by atoms with Gasteiger partial charge in [-0.15, -0.1) is 11.3 Å². The number of carbonyl (C=O) groups is 2. The molecule has 2 aromatic heterocycles. The fourth-order valence-electron chi connectivity index (χ4n) is 3.76. The van der Waals surface area contributed by atoms with Crippen LogP contribution in [-0.4, -0.2) is 46.5 Å². The zero-order valence-electron chi connectivity index (χ0n) is 17.5. The van der Waals surface area contributed by atoms with E-state index in [0.717, 1.165) is 29.7 Å². The first-order valence-electron chi connectivity index (χ1n) is 10.6. The average Bonchev–Trinajstić information content (AvgIpc) is 3.43. The number of nitrogens with one attached hydrogen (secondary N) is 1. The molecule has 1 aliphatic rings. The number of thiophene rings is 1. The molecule has 2 amide bonds. The summed E-state index contributed by atoms with van der Waals surface area (Å²) in [6.45, 7) is 3.55. The predicted molar refractivity (Wildman–Crippen MR) is 119 cm³/mol.